The zero-order valence-electron chi connectivity index (χ0n) is 13.2. The van der Waals surface area contributed by atoms with Gasteiger partial charge in [0, 0.05) is 36.9 Å². The van der Waals surface area contributed by atoms with E-state index in [2.05, 4.69) is 33.0 Å². The zero-order chi connectivity index (χ0) is 16.1. The van der Waals surface area contributed by atoms with E-state index in [1.807, 2.05) is 12.1 Å². The second-order valence-corrected chi connectivity index (χ2v) is 6.27. The fraction of sp³-hybridized carbons (Fsp3) is 0.471. The summed E-state index contributed by atoms with van der Waals surface area (Å²) in [6, 6.07) is 7.98. The van der Waals surface area contributed by atoms with Crippen LogP contribution in [0.25, 0.3) is 0 Å². The largest absolute Gasteiger partial charge is 0.377 e. The minimum atomic E-state index is 0.632. The van der Waals surface area contributed by atoms with Gasteiger partial charge in [-0.15, -0.1) is 0 Å². The van der Waals surface area contributed by atoms with Crippen molar-refractivity contribution >= 4 is 23.2 Å². The SMILES string of the molecule is NC(=NCC1=CCCOC1)N1CCN(c2ccc(Cl)cc2)CC1. The van der Waals surface area contributed by atoms with Crippen molar-refractivity contribution in [2.24, 2.45) is 10.7 Å². The van der Waals surface area contributed by atoms with Gasteiger partial charge in [0.15, 0.2) is 5.96 Å². The molecule has 23 heavy (non-hydrogen) atoms. The molecule has 0 spiro atoms. The minimum Gasteiger partial charge on any atom is -0.377 e. The van der Waals surface area contributed by atoms with Crippen LogP contribution in [0.3, 0.4) is 0 Å². The number of rotatable bonds is 3. The van der Waals surface area contributed by atoms with Gasteiger partial charge in [0.05, 0.1) is 19.8 Å². The van der Waals surface area contributed by atoms with Gasteiger partial charge in [-0.3, -0.25) is 0 Å². The van der Waals surface area contributed by atoms with E-state index in [1.165, 1.54) is 11.3 Å². The number of hydrogen-bond acceptors (Lipinski definition) is 3. The Kier molecular flexibility index (Phi) is 5.41. The lowest BCUT2D eigenvalue weighted by Crippen LogP contribution is -2.51. The van der Waals surface area contributed by atoms with E-state index in [1.54, 1.807) is 0 Å². The van der Waals surface area contributed by atoms with Crippen molar-refractivity contribution in [2.45, 2.75) is 6.42 Å². The average Bonchev–Trinajstić information content (AvgIpc) is 2.61. The monoisotopic (exact) mass is 334 g/mol. The molecule has 2 N–H and O–H groups in total. The number of nitrogens with two attached hydrogens (primary N) is 1. The molecular formula is C17H23ClN4O. The Morgan fingerprint density at radius 1 is 1.17 bits per heavy atom. The molecule has 5 nitrogen and oxygen atoms in total. The molecule has 6 heteroatoms. The molecule has 1 aromatic rings. The predicted octanol–water partition coefficient (Wildman–Crippen LogP) is 2.12. The second kappa shape index (κ2) is 7.70. The molecule has 2 aliphatic rings. The van der Waals surface area contributed by atoms with Gasteiger partial charge in [0.1, 0.15) is 0 Å². The normalized spacial score (nSPS) is 19.7. The highest BCUT2D eigenvalue weighted by atomic mass is 35.5. The molecule has 0 atom stereocenters. The summed E-state index contributed by atoms with van der Waals surface area (Å²) in [6.45, 7) is 5.77. The van der Waals surface area contributed by atoms with Gasteiger partial charge in [-0.2, -0.15) is 0 Å². The van der Waals surface area contributed by atoms with Crippen molar-refractivity contribution in [3.63, 3.8) is 0 Å². The Balaban J connectivity index is 1.51. The topological polar surface area (TPSA) is 54.1 Å². The molecule has 0 radical (unpaired) electrons. The predicted molar refractivity (Wildman–Crippen MR) is 95.2 cm³/mol. The number of nitrogens with zero attached hydrogens (tertiary/aromatic N) is 3. The number of piperazine rings is 1. The number of aliphatic imine (C=N–C) groups is 1. The molecule has 2 heterocycles. The molecule has 0 amide bonds. The molecule has 0 aliphatic carbocycles. The number of guanidine groups is 1. The Morgan fingerprint density at radius 2 is 1.91 bits per heavy atom. The number of ether oxygens (including phenoxy) is 1. The maximum atomic E-state index is 6.14. The Morgan fingerprint density at radius 3 is 2.57 bits per heavy atom. The number of hydrogen-bond donors (Lipinski definition) is 1. The summed E-state index contributed by atoms with van der Waals surface area (Å²) in [4.78, 5) is 9.01. The van der Waals surface area contributed by atoms with Crippen molar-refractivity contribution in [3.05, 3.63) is 40.9 Å². The molecule has 0 unspecified atom stereocenters. The summed E-state index contributed by atoms with van der Waals surface area (Å²) in [7, 11) is 0. The minimum absolute atomic E-state index is 0.632. The molecule has 0 aromatic heterocycles. The summed E-state index contributed by atoms with van der Waals surface area (Å²) in [5.74, 6) is 0.632. The van der Waals surface area contributed by atoms with Crippen LogP contribution in [0.15, 0.2) is 40.9 Å². The van der Waals surface area contributed by atoms with Crippen molar-refractivity contribution in [3.8, 4) is 0 Å². The van der Waals surface area contributed by atoms with Crippen LogP contribution in [0, 0.1) is 0 Å². The molecule has 124 valence electrons. The molecule has 1 aromatic carbocycles. The van der Waals surface area contributed by atoms with Crippen molar-refractivity contribution < 1.29 is 4.74 Å². The van der Waals surface area contributed by atoms with Crippen molar-refractivity contribution in [1.29, 1.82) is 0 Å². The van der Waals surface area contributed by atoms with E-state index >= 15 is 0 Å². The standard InChI is InChI=1S/C17H23ClN4O/c18-15-3-5-16(6-4-15)21-7-9-22(10-8-21)17(19)20-12-14-2-1-11-23-13-14/h2-6H,1,7-13H2,(H2,19,20). The van der Waals surface area contributed by atoms with Gasteiger partial charge in [0.2, 0.25) is 0 Å². The Hall–Kier alpha value is -1.72. The lowest BCUT2D eigenvalue weighted by molar-refractivity contribution is 0.149. The summed E-state index contributed by atoms with van der Waals surface area (Å²) in [5, 5.41) is 0.768. The third-order valence-electron chi connectivity index (χ3n) is 4.22. The van der Waals surface area contributed by atoms with Gasteiger partial charge < -0.3 is 20.3 Å². The molecular weight excluding hydrogens is 312 g/mol. The van der Waals surface area contributed by atoms with Crippen LogP contribution in [-0.4, -0.2) is 56.8 Å². The van der Waals surface area contributed by atoms with Gasteiger partial charge in [0.25, 0.3) is 0 Å². The van der Waals surface area contributed by atoms with E-state index in [9.17, 15) is 0 Å². The second-order valence-electron chi connectivity index (χ2n) is 5.83. The molecule has 1 fully saturated rings. The number of benzene rings is 1. The highest BCUT2D eigenvalue weighted by molar-refractivity contribution is 6.30. The molecule has 0 saturated carbocycles. The van der Waals surface area contributed by atoms with E-state index < -0.39 is 0 Å². The first-order valence-electron chi connectivity index (χ1n) is 8.03. The van der Waals surface area contributed by atoms with Crippen LogP contribution in [-0.2, 0) is 4.74 Å². The maximum Gasteiger partial charge on any atom is 0.191 e. The van der Waals surface area contributed by atoms with Gasteiger partial charge >= 0.3 is 0 Å². The van der Waals surface area contributed by atoms with Crippen LogP contribution in [0.2, 0.25) is 5.02 Å². The van der Waals surface area contributed by atoms with Crippen molar-refractivity contribution in [2.75, 3.05) is 50.8 Å². The summed E-state index contributed by atoms with van der Waals surface area (Å²) >= 11 is 5.94. The summed E-state index contributed by atoms with van der Waals surface area (Å²) < 4.78 is 5.42. The molecule has 0 bridgehead atoms. The Bertz CT molecular complexity index is 577. The van der Waals surface area contributed by atoms with Crippen LogP contribution in [0.1, 0.15) is 6.42 Å². The maximum absolute atomic E-state index is 6.14. The molecule has 1 saturated heterocycles. The van der Waals surface area contributed by atoms with E-state index in [-0.39, 0.29) is 0 Å². The lowest BCUT2D eigenvalue weighted by Gasteiger charge is -2.36. The van der Waals surface area contributed by atoms with Gasteiger partial charge in [-0.25, -0.2) is 4.99 Å². The summed E-state index contributed by atoms with van der Waals surface area (Å²) in [5.41, 5.74) is 8.57. The van der Waals surface area contributed by atoms with Gasteiger partial charge in [-0.1, -0.05) is 17.7 Å². The first-order valence-corrected chi connectivity index (χ1v) is 8.41. The van der Waals surface area contributed by atoms with Crippen LogP contribution in [0.5, 0.6) is 0 Å². The molecule has 2 aliphatic heterocycles. The summed E-state index contributed by atoms with van der Waals surface area (Å²) in [6.07, 6.45) is 3.18. The van der Waals surface area contributed by atoms with E-state index in [0.29, 0.717) is 19.1 Å². The molecule has 3 rings (SSSR count). The van der Waals surface area contributed by atoms with E-state index in [4.69, 9.17) is 22.1 Å². The zero-order valence-corrected chi connectivity index (χ0v) is 14.0. The van der Waals surface area contributed by atoms with Gasteiger partial charge in [-0.05, 0) is 36.3 Å². The smallest absolute Gasteiger partial charge is 0.191 e. The highest BCUT2D eigenvalue weighted by Gasteiger charge is 2.18. The van der Waals surface area contributed by atoms with E-state index in [0.717, 1.165) is 44.2 Å². The van der Waals surface area contributed by atoms with Crippen LogP contribution < -0.4 is 10.6 Å². The third-order valence-corrected chi connectivity index (χ3v) is 4.47. The first kappa shape index (κ1) is 16.1. The van der Waals surface area contributed by atoms with Crippen molar-refractivity contribution in [1.82, 2.24) is 4.90 Å². The first-order chi connectivity index (χ1) is 11.2. The van der Waals surface area contributed by atoms with Crippen LogP contribution in [0.4, 0.5) is 5.69 Å². The Labute approximate surface area is 142 Å². The highest BCUT2D eigenvalue weighted by Crippen LogP contribution is 2.19. The quantitative estimate of drug-likeness (QED) is 0.522. The number of anilines is 1. The fourth-order valence-electron chi connectivity index (χ4n) is 2.85. The van der Waals surface area contributed by atoms with Crippen LogP contribution >= 0.6 is 11.6 Å². The number of halogens is 1. The average molecular weight is 335 g/mol. The fourth-order valence-corrected chi connectivity index (χ4v) is 2.97. The lowest BCUT2D eigenvalue weighted by atomic mass is 10.2. The third kappa shape index (κ3) is 4.39.